The minimum atomic E-state index is -0.505. The largest absolute Gasteiger partial charge is 0.462 e. The Labute approximate surface area is 405 Å². The van der Waals surface area contributed by atoms with Crippen molar-refractivity contribution in [2.24, 2.45) is 0 Å². The van der Waals surface area contributed by atoms with Crippen molar-refractivity contribution >= 4 is 23.9 Å². The van der Waals surface area contributed by atoms with Crippen molar-refractivity contribution in [2.75, 3.05) is 26.4 Å². The van der Waals surface area contributed by atoms with Gasteiger partial charge in [0.05, 0.1) is 75.1 Å². The summed E-state index contributed by atoms with van der Waals surface area (Å²) < 4.78 is 36.5. The fourth-order valence-electron chi connectivity index (χ4n) is 8.63. The van der Waals surface area contributed by atoms with Gasteiger partial charge in [0.1, 0.15) is 0 Å². The minimum absolute atomic E-state index is 0.00173. The molecule has 4 aromatic carbocycles. The third-order valence-corrected chi connectivity index (χ3v) is 12.4. The standard InChI is InChI=1S/C58H76O10/c1-17-65-51(59)47-35-21-36-24-44(56(8,9)10)29-41(48(36)52(60)66-18-2)33-64-34-42-30-46(58(14,15)16)26-38(50(42)54(62)68-20-4)22-37-25-45(57(11,12)13)28-40(49(37)53(61)67-19-3)32-63-31-39(47)27-43(23-35)55(5,6)7/h23-30H,17-22,31-34H2,1-16H3. The van der Waals surface area contributed by atoms with E-state index < -0.39 is 23.9 Å². The first-order valence-corrected chi connectivity index (χ1v) is 24.2. The summed E-state index contributed by atoms with van der Waals surface area (Å²) in [5, 5.41) is 0. The van der Waals surface area contributed by atoms with Gasteiger partial charge in [-0.2, -0.15) is 0 Å². The molecule has 368 valence electrons. The molecular weight excluding hydrogens is 857 g/mol. The zero-order valence-corrected chi connectivity index (χ0v) is 43.8. The molecule has 0 fully saturated rings. The molecule has 0 amide bonds. The summed E-state index contributed by atoms with van der Waals surface area (Å²) in [5.74, 6) is -2.02. The molecule has 0 spiro atoms. The van der Waals surface area contributed by atoms with E-state index in [1.807, 2.05) is 48.5 Å². The molecule has 0 aromatic heterocycles. The normalized spacial score (nSPS) is 13.9. The third-order valence-electron chi connectivity index (χ3n) is 12.4. The predicted octanol–water partition coefficient (Wildman–Crippen LogP) is 12.5. The van der Waals surface area contributed by atoms with Crippen LogP contribution in [0.15, 0.2) is 48.5 Å². The van der Waals surface area contributed by atoms with Crippen LogP contribution in [0.3, 0.4) is 0 Å². The lowest BCUT2D eigenvalue weighted by Gasteiger charge is -2.27. The molecule has 0 aliphatic carbocycles. The van der Waals surface area contributed by atoms with E-state index >= 15 is 0 Å². The van der Waals surface area contributed by atoms with Crippen LogP contribution in [0.2, 0.25) is 0 Å². The van der Waals surface area contributed by atoms with E-state index in [2.05, 4.69) is 83.1 Å². The van der Waals surface area contributed by atoms with E-state index in [4.69, 9.17) is 28.4 Å². The maximum atomic E-state index is 14.3. The lowest BCUT2D eigenvalue weighted by atomic mass is 9.79. The van der Waals surface area contributed by atoms with Gasteiger partial charge < -0.3 is 28.4 Å². The zero-order valence-electron chi connectivity index (χ0n) is 43.8. The number of hydrogen-bond donors (Lipinski definition) is 0. The fraction of sp³-hybridized carbons (Fsp3) is 0.517. The van der Waals surface area contributed by atoms with Crippen LogP contribution in [0, 0.1) is 0 Å². The quantitative estimate of drug-likeness (QED) is 0.125. The number of benzene rings is 4. The van der Waals surface area contributed by atoms with E-state index in [1.54, 1.807) is 27.7 Å². The average Bonchev–Trinajstić information content (AvgIpc) is 3.21. The Hall–Kier alpha value is -5.32. The molecule has 8 bridgehead atoms. The van der Waals surface area contributed by atoms with Crippen LogP contribution in [0.25, 0.3) is 0 Å². The molecule has 10 nitrogen and oxygen atoms in total. The van der Waals surface area contributed by atoms with Crippen LogP contribution in [0.5, 0.6) is 0 Å². The number of carbonyl (C=O) groups excluding carboxylic acids is 4. The van der Waals surface area contributed by atoms with Crippen molar-refractivity contribution in [2.45, 2.75) is 172 Å². The summed E-state index contributed by atoms with van der Waals surface area (Å²) >= 11 is 0. The maximum absolute atomic E-state index is 14.3. The molecule has 68 heavy (non-hydrogen) atoms. The fourth-order valence-corrected chi connectivity index (χ4v) is 8.63. The highest BCUT2D eigenvalue weighted by molar-refractivity contribution is 5.96. The lowest BCUT2D eigenvalue weighted by Crippen LogP contribution is -2.21. The number of hydrogen-bond acceptors (Lipinski definition) is 10. The van der Waals surface area contributed by atoms with Gasteiger partial charge >= 0.3 is 23.9 Å². The van der Waals surface area contributed by atoms with Crippen LogP contribution < -0.4 is 0 Å². The summed E-state index contributed by atoms with van der Waals surface area (Å²) in [6.45, 7) is 33.1. The highest BCUT2D eigenvalue weighted by atomic mass is 16.5. The van der Waals surface area contributed by atoms with Crippen LogP contribution >= 0.6 is 0 Å². The van der Waals surface area contributed by atoms with Crippen LogP contribution in [0.4, 0.5) is 0 Å². The van der Waals surface area contributed by atoms with Gasteiger partial charge in [-0.25, -0.2) is 19.2 Å². The zero-order chi connectivity index (χ0) is 50.5. The second kappa shape index (κ2) is 21.5. The second-order valence-electron chi connectivity index (χ2n) is 21.9. The smallest absolute Gasteiger partial charge is 0.338 e. The first-order valence-electron chi connectivity index (χ1n) is 24.2. The summed E-state index contributed by atoms with van der Waals surface area (Å²) in [4.78, 5) is 57.3. The van der Waals surface area contributed by atoms with Crippen molar-refractivity contribution in [1.29, 1.82) is 0 Å². The number of rotatable bonds is 8. The highest BCUT2D eigenvalue weighted by Gasteiger charge is 2.31. The molecule has 0 saturated heterocycles. The Morgan fingerprint density at radius 3 is 0.691 bits per heavy atom. The molecule has 1 aliphatic heterocycles. The third kappa shape index (κ3) is 12.7. The lowest BCUT2D eigenvalue weighted by molar-refractivity contribution is 0.0500. The molecule has 0 unspecified atom stereocenters. The van der Waals surface area contributed by atoms with Crippen molar-refractivity contribution < 1.29 is 47.6 Å². The summed E-state index contributed by atoms with van der Waals surface area (Å²) in [6, 6.07) is 16.1. The Balaban J connectivity index is 1.94. The van der Waals surface area contributed by atoms with Crippen molar-refractivity contribution in [3.05, 3.63) is 138 Å². The molecule has 0 N–H and O–H groups in total. The van der Waals surface area contributed by atoms with E-state index in [1.165, 1.54) is 0 Å². The summed E-state index contributed by atoms with van der Waals surface area (Å²) in [5.41, 5.74) is 9.03. The van der Waals surface area contributed by atoms with Gasteiger partial charge in [-0.15, -0.1) is 0 Å². The molecule has 4 aromatic rings. The second-order valence-corrected chi connectivity index (χ2v) is 21.9. The predicted molar refractivity (Wildman–Crippen MR) is 267 cm³/mol. The average molecular weight is 933 g/mol. The van der Waals surface area contributed by atoms with Gasteiger partial charge in [-0.3, -0.25) is 0 Å². The Morgan fingerprint density at radius 2 is 0.529 bits per heavy atom. The SMILES string of the molecule is CCOC(=O)c1c2cc(C(C)(C)C)cc1Cc1cc(C(C)(C)C)cc(c1C(=O)OCC)COCc1cc(C(C)(C)C)cc(c1C(=O)OCC)Cc1cc(C(C)(C)C)cc(c1C(=O)OCC)COC2. The van der Waals surface area contributed by atoms with Gasteiger partial charge in [0.15, 0.2) is 0 Å². The minimum Gasteiger partial charge on any atom is -0.462 e. The summed E-state index contributed by atoms with van der Waals surface area (Å²) in [7, 11) is 0. The molecule has 0 saturated carbocycles. The molecule has 1 heterocycles. The molecule has 0 radical (unpaired) electrons. The van der Waals surface area contributed by atoms with E-state index in [-0.39, 0.29) is 87.4 Å². The van der Waals surface area contributed by atoms with Crippen molar-refractivity contribution in [1.82, 2.24) is 0 Å². The molecule has 5 rings (SSSR count). The first-order chi connectivity index (χ1) is 31.7. The first kappa shape index (κ1) is 53.6. The molecule has 0 atom stereocenters. The number of fused-ring (bicyclic) bond motifs is 8. The topological polar surface area (TPSA) is 124 Å². The Morgan fingerprint density at radius 1 is 0.353 bits per heavy atom. The van der Waals surface area contributed by atoms with Crippen LogP contribution in [-0.2, 0) is 89.4 Å². The van der Waals surface area contributed by atoms with E-state index in [0.29, 0.717) is 66.8 Å². The number of carbonyl (C=O) groups is 4. The van der Waals surface area contributed by atoms with Gasteiger partial charge in [0.2, 0.25) is 0 Å². The monoisotopic (exact) mass is 933 g/mol. The maximum Gasteiger partial charge on any atom is 0.338 e. The van der Waals surface area contributed by atoms with Gasteiger partial charge in [-0.05, 0) is 129 Å². The molecule has 10 heteroatoms. The highest BCUT2D eigenvalue weighted by Crippen LogP contribution is 2.37. The Bertz CT molecular complexity index is 2170. The summed E-state index contributed by atoms with van der Waals surface area (Å²) in [6.07, 6.45) is 0.369. The van der Waals surface area contributed by atoms with Gasteiger partial charge in [0.25, 0.3) is 0 Å². The molecule has 1 aliphatic rings. The Kier molecular flexibility index (Phi) is 17.0. The van der Waals surface area contributed by atoms with Crippen LogP contribution in [-0.4, -0.2) is 50.3 Å². The van der Waals surface area contributed by atoms with Crippen LogP contribution in [0.1, 0.15) is 219 Å². The van der Waals surface area contributed by atoms with Crippen molar-refractivity contribution in [3.8, 4) is 0 Å². The van der Waals surface area contributed by atoms with E-state index in [9.17, 15) is 19.2 Å². The number of esters is 4. The number of ether oxygens (including phenoxy) is 6. The van der Waals surface area contributed by atoms with E-state index in [0.717, 1.165) is 22.3 Å². The van der Waals surface area contributed by atoms with Gasteiger partial charge in [-0.1, -0.05) is 132 Å². The van der Waals surface area contributed by atoms with Crippen molar-refractivity contribution in [3.63, 3.8) is 0 Å². The van der Waals surface area contributed by atoms with Gasteiger partial charge in [0, 0.05) is 0 Å². The molecular formula is C58H76O10.